The second-order valence-electron chi connectivity index (χ2n) is 12.8. The molecule has 7 nitrogen and oxygen atoms in total. The molecule has 1 aromatic carbocycles. The molecule has 0 bridgehead atoms. The van der Waals surface area contributed by atoms with Gasteiger partial charge in [0.25, 0.3) is 0 Å². The largest absolute Gasteiger partial charge is 0.497 e. The van der Waals surface area contributed by atoms with E-state index in [2.05, 4.69) is 16.0 Å². The van der Waals surface area contributed by atoms with Crippen LogP contribution in [-0.4, -0.2) is 63.0 Å². The Bertz CT molecular complexity index is 1030. The van der Waals surface area contributed by atoms with Crippen molar-refractivity contribution in [2.45, 2.75) is 101 Å². The summed E-state index contributed by atoms with van der Waals surface area (Å²) in [5.74, 6) is 1.88. The van der Waals surface area contributed by atoms with E-state index in [1.165, 1.54) is 0 Å². The van der Waals surface area contributed by atoms with Crippen molar-refractivity contribution < 1.29 is 27.8 Å². The number of hydrogen-bond donors (Lipinski definition) is 3. The summed E-state index contributed by atoms with van der Waals surface area (Å²) in [5.41, 5.74) is 0.995. The summed E-state index contributed by atoms with van der Waals surface area (Å²) in [6.07, 6.45) is 4.80. The Morgan fingerprint density at radius 1 is 0.878 bits per heavy atom. The van der Waals surface area contributed by atoms with Gasteiger partial charge in [-0.3, -0.25) is 14.9 Å². The van der Waals surface area contributed by atoms with Crippen LogP contribution < -0.4 is 20.7 Å². The predicted octanol–water partition coefficient (Wildman–Crippen LogP) is 4.48. The van der Waals surface area contributed by atoms with Crippen LogP contribution >= 0.6 is 0 Å². The minimum atomic E-state index is -1.26. The fraction of sp³-hybridized carbons (Fsp3) is 0.750. The van der Waals surface area contributed by atoms with Gasteiger partial charge in [-0.1, -0.05) is 12.1 Å². The molecule has 5 rings (SSSR count). The molecule has 4 aliphatic rings. The van der Waals surface area contributed by atoms with Crippen molar-refractivity contribution in [2.75, 3.05) is 20.9 Å². The lowest BCUT2D eigenvalue weighted by molar-refractivity contribution is -0.134. The molecule has 228 valence electrons. The molecule has 9 heteroatoms. The van der Waals surface area contributed by atoms with Crippen LogP contribution in [0.25, 0.3) is 0 Å². The van der Waals surface area contributed by atoms with Crippen molar-refractivity contribution in [1.82, 2.24) is 16.0 Å². The van der Waals surface area contributed by atoms with E-state index in [9.17, 15) is 14.0 Å². The topological polar surface area (TPSA) is 88.7 Å². The lowest BCUT2D eigenvalue weighted by atomic mass is 9.68. The lowest BCUT2D eigenvalue weighted by Crippen LogP contribution is -2.56. The van der Waals surface area contributed by atoms with E-state index >= 15 is 4.39 Å². The normalized spacial score (nSPS) is 37.4. The molecule has 0 aliphatic heterocycles. The van der Waals surface area contributed by atoms with Gasteiger partial charge in [-0.15, -0.1) is 0 Å². The second-order valence-corrected chi connectivity index (χ2v) is 12.8. The minimum absolute atomic E-state index is 0.000569. The first-order valence-corrected chi connectivity index (χ1v) is 15.6. The molecule has 4 aliphatic carbocycles. The number of alkyl halides is 2. The van der Waals surface area contributed by atoms with E-state index < -0.39 is 24.4 Å². The first-order chi connectivity index (χ1) is 19.9. The molecule has 4 saturated carbocycles. The van der Waals surface area contributed by atoms with Gasteiger partial charge >= 0.3 is 0 Å². The maximum Gasteiger partial charge on any atom is 0.222 e. The highest BCUT2D eigenvalue weighted by Gasteiger charge is 2.47. The van der Waals surface area contributed by atoms with Crippen LogP contribution in [0.4, 0.5) is 8.78 Å². The van der Waals surface area contributed by atoms with Crippen molar-refractivity contribution in [3.05, 3.63) is 29.8 Å². The molecule has 41 heavy (non-hydrogen) atoms. The van der Waals surface area contributed by atoms with E-state index in [4.69, 9.17) is 9.47 Å². The maximum absolute atomic E-state index is 15.0. The van der Waals surface area contributed by atoms with Gasteiger partial charge in [0.2, 0.25) is 5.91 Å². The quantitative estimate of drug-likeness (QED) is 0.297. The van der Waals surface area contributed by atoms with E-state index in [0.29, 0.717) is 37.1 Å². The minimum Gasteiger partial charge on any atom is -0.497 e. The third-order valence-electron chi connectivity index (χ3n) is 10.4. The number of nitrogens with one attached hydrogen (secondary N) is 3. The number of halogens is 2. The van der Waals surface area contributed by atoms with E-state index in [1.54, 1.807) is 14.2 Å². The molecule has 0 aromatic heterocycles. The number of Topliss-reactive ketones (excluding diaryl/α,β-unsaturated/α-hetero) is 1. The third-order valence-corrected chi connectivity index (χ3v) is 10.4. The molecule has 0 radical (unpaired) electrons. The average molecular weight is 576 g/mol. The van der Waals surface area contributed by atoms with E-state index in [1.807, 2.05) is 24.3 Å². The number of benzene rings is 1. The van der Waals surface area contributed by atoms with Crippen LogP contribution in [0.1, 0.15) is 69.8 Å². The number of hydrogen-bond acceptors (Lipinski definition) is 6. The highest BCUT2D eigenvalue weighted by molar-refractivity contribution is 5.86. The zero-order chi connectivity index (χ0) is 28.9. The van der Waals surface area contributed by atoms with Crippen LogP contribution in [0, 0.1) is 29.6 Å². The Labute approximate surface area is 242 Å². The number of carbonyl (C=O) groups excluding carboxylic acids is 2. The van der Waals surface area contributed by atoms with Crippen LogP contribution in [-0.2, 0) is 20.9 Å². The lowest BCUT2D eigenvalue weighted by Gasteiger charge is -2.41. The summed E-state index contributed by atoms with van der Waals surface area (Å²) in [4.78, 5) is 25.9. The van der Waals surface area contributed by atoms with Gasteiger partial charge < -0.3 is 20.1 Å². The van der Waals surface area contributed by atoms with Gasteiger partial charge in [0, 0.05) is 49.3 Å². The third kappa shape index (κ3) is 7.28. The number of amides is 1. The highest BCUT2D eigenvalue weighted by Crippen LogP contribution is 2.47. The number of ketones is 1. The molecule has 10 unspecified atom stereocenters. The molecule has 10 atom stereocenters. The monoisotopic (exact) mass is 575 g/mol. The van der Waals surface area contributed by atoms with Crippen LogP contribution in [0.2, 0.25) is 0 Å². The Hall–Kier alpha value is -2.10. The Kier molecular flexibility index (Phi) is 10.3. The molecule has 0 spiro atoms. The number of carbonyl (C=O) groups is 2. The smallest absolute Gasteiger partial charge is 0.222 e. The van der Waals surface area contributed by atoms with Gasteiger partial charge in [-0.2, -0.15) is 0 Å². The Morgan fingerprint density at radius 3 is 2.37 bits per heavy atom. The Balaban J connectivity index is 1.10. The molecule has 3 N–H and O–H groups in total. The van der Waals surface area contributed by atoms with Crippen molar-refractivity contribution in [1.29, 1.82) is 0 Å². The van der Waals surface area contributed by atoms with Crippen LogP contribution in [0.15, 0.2) is 24.3 Å². The van der Waals surface area contributed by atoms with E-state index in [0.717, 1.165) is 56.3 Å². The fourth-order valence-electron chi connectivity index (χ4n) is 8.04. The summed E-state index contributed by atoms with van der Waals surface area (Å²) in [6.45, 7) is 0.588. The Morgan fingerprint density at radius 2 is 1.61 bits per heavy atom. The zero-order valence-corrected chi connectivity index (χ0v) is 24.5. The zero-order valence-electron chi connectivity index (χ0n) is 24.5. The summed E-state index contributed by atoms with van der Waals surface area (Å²) >= 11 is 0. The molecule has 1 aromatic rings. The van der Waals surface area contributed by atoms with Crippen molar-refractivity contribution in [2.24, 2.45) is 29.6 Å². The molecule has 1 amide bonds. The molecule has 0 saturated heterocycles. The number of methoxy groups -OCH3 is 1. The highest BCUT2D eigenvalue weighted by atomic mass is 19.1. The van der Waals surface area contributed by atoms with Crippen molar-refractivity contribution in [3.8, 4) is 5.75 Å². The van der Waals surface area contributed by atoms with Crippen molar-refractivity contribution >= 4 is 11.7 Å². The average Bonchev–Trinajstić information content (AvgIpc) is 3.13. The first-order valence-electron chi connectivity index (χ1n) is 15.6. The number of ether oxygens (including phenoxy) is 2. The maximum atomic E-state index is 15.0. The van der Waals surface area contributed by atoms with E-state index in [-0.39, 0.29) is 42.9 Å². The SMILES string of the molecule is CNC(=O)C1CCC2CCC3CC(NC4CC(NCOCc5ccc(OC)cc5)C(F)CC4F)CCC3C(=O)C2C1. The fourth-order valence-corrected chi connectivity index (χ4v) is 8.04. The van der Waals surface area contributed by atoms with Gasteiger partial charge in [-0.05, 0) is 87.3 Å². The molecular formula is C32H47F2N3O4. The summed E-state index contributed by atoms with van der Waals surface area (Å²) in [7, 11) is 3.29. The van der Waals surface area contributed by atoms with Gasteiger partial charge in [0.1, 0.15) is 23.9 Å². The standard InChI is InChI=1S/C32H47F2N3O4/c1-35-32(39)22-8-6-20-5-7-21-13-23(9-12-25(21)31(38)26(20)14-22)37-30-16-29(27(33)15-28(30)34)36-18-41-17-19-3-10-24(40-2)11-4-19/h3-4,10-11,20-23,25-30,36-37H,5-9,12-18H2,1-2H3,(H,35,39). The van der Waals surface area contributed by atoms with Crippen LogP contribution in [0.5, 0.6) is 5.75 Å². The summed E-state index contributed by atoms with van der Waals surface area (Å²) in [5, 5.41) is 9.47. The molecular weight excluding hydrogens is 528 g/mol. The summed E-state index contributed by atoms with van der Waals surface area (Å²) in [6, 6.07) is 6.85. The second kappa shape index (κ2) is 13.9. The number of fused-ring (bicyclic) bond motifs is 2. The van der Waals surface area contributed by atoms with Gasteiger partial charge in [0.15, 0.2) is 0 Å². The molecule has 4 fully saturated rings. The van der Waals surface area contributed by atoms with Crippen molar-refractivity contribution in [3.63, 3.8) is 0 Å². The summed E-state index contributed by atoms with van der Waals surface area (Å²) < 4.78 is 40.7. The van der Waals surface area contributed by atoms with Gasteiger partial charge in [0.05, 0.1) is 20.4 Å². The van der Waals surface area contributed by atoms with Crippen LogP contribution in [0.3, 0.4) is 0 Å². The molecule has 0 heterocycles. The van der Waals surface area contributed by atoms with Gasteiger partial charge in [-0.25, -0.2) is 8.78 Å². The number of rotatable bonds is 9. The predicted molar refractivity (Wildman–Crippen MR) is 153 cm³/mol. The first kappa shape index (κ1) is 30.4.